The van der Waals surface area contributed by atoms with Crippen molar-refractivity contribution in [3.63, 3.8) is 0 Å². The summed E-state index contributed by atoms with van der Waals surface area (Å²) >= 11 is 0. The van der Waals surface area contributed by atoms with Crippen LogP contribution in [0.15, 0.2) is 30.3 Å². The fourth-order valence-corrected chi connectivity index (χ4v) is 2.10. The molecule has 94 valence electrons. The monoisotopic (exact) mass is 246 g/mol. The van der Waals surface area contributed by atoms with E-state index in [9.17, 15) is 19.5 Å². The molecule has 5 nitrogen and oxygen atoms in total. The first kappa shape index (κ1) is 12.3. The second-order valence-electron chi connectivity index (χ2n) is 4.28. The van der Waals surface area contributed by atoms with Crippen molar-refractivity contribution in [3.8, 4) is 0 Å². The Bertz CT molecular complexity index is 483. The predicted octanol–water partition coefficient (Wildman–Crippen LogP) is -0.646. The molecule has 18 heavy (non-hydrogen) atoms. The fraction of sp³-hybridized carbons (Fsp3) is 0.308. The van der Waals surface area contributed by atoms with Gasteiger partial charge in [0, 0.05) is 6.42 Å². The van der Waals surface area contributed by atoms with Crippen LogP contribution in [0.25, 0.3) is 0 Å². The van der Waals surface area contributed by atoms with Gasteiger partial charge in [-0.25, -0.2) is 0 Å². The Hall–Kier alpha value is -2.17. The third kappa shape index (κ3) is 2.56. The van der Waals surface area contributed by atoms with Gasteiger partial charge in [0.2, 0.25) is 11.8 Å². The molecule has 0 bridgehead atoms. The highest BCUT2D eigenvalue weighted by Crippen LogP contribution is 2.23. The second kappa shape index (κ2) is 5.00. The topological polar surface area (TPSA) is 77.5 Å². The van der Waals surface area contributed by atoms with Crippen molar-refractivity contribution < 1.29 is 19.5 Å². The summed E-state index contributed by atoms with van der Waals surface area (Å²) in [6.45, 7) is -0.650. The number of carbonyl (C=O) groups excluding carboxylic acids is 3. The molecule has 1 atom stereocenters. The Balaban J connectivity index is 2.06. The highest BCUT2D eigenvalue weighted by Gasteiger charge is 2.38. The zero-order chi connectivity index (χ0) is 13.1. The number of benzene rings is 1. The Labute approximate surface area is 104 Å². The SMILES string of the molecule is O=C([O-])CN1C(=O)CC(Cc2ccccc2)C1=O. The molecular weight excluding hydrogens is 234 g/mol. The summed E-state index contributed by atoms with van der Waals surface area (Å²) < 4.78 is 0. The number of imide groups is 1. The molecule has 5 heteroatoms. The number of carboxylic acids is 1. The van der Waals surface area contributed by atoms with Gasteiger partial charge in [-0.05, 0) is 12.0 Å². The van der Waals surface area contributed by atoms with Crippen molar-refractivity contribution in [2.75, 3.05) is 6.54 Å². The lowest BCUT2D eigenvalue weighted by Crippen LogP contribution is -2.41. The predicted molar refractivity (Wildman–Crippen MR) is 60.0 cm³/mol. The van der Waals surface area contributed by atoms with Crippen LogP contribution in [0.3, 0.4) is 0 Å². The summed E-state index contributed by atoms with van der Waals surface area (Å²) in [6, 6.07) is 9.33. The Morgan fingerprint density at radius 3 is 2.56 bits per heavy atom. The van der Waals surface area contributed by atoms with E-state index in [1.165, 1.54) is 0 Å². The third-order valence-electron chi connectivity index (χ3n) is 2.95. The van der Waals surface area contributed by atoms with E-state index in [1.54, 1.807) is 0 Å². The Kier molecular flexibility index (Phi) is 3.41. The molecule has 1 aliphatic heterocycles. The molecular formula is C13H12NO4-. The zero-order valence-corrected chi connectivity index (χ0v) is 9.67. The van der Waals surface area contributed by atoms with Gasteiger partial charge in [-0.3, -0.25) is 14.5 Å². The molecule has 1 aromatic rings. The molecule has 2 rings (SSSR count). The molecule has 1 saturated heterocycles. The average molecular weight is 246 g/mol. The number of aliphatic carboxylic acids is 1. The molecule has 0 N–H and O–H groups in total. The van der Waals surface area contributed by atoms with Gasteiger partial charge in [-0.2, -0.15) is 0 Å². The van der Waals surface area contributed by atoms with Crippen LogP contribution < -0.4 is 5.11 Å². The summed E-state index contributed by atoms with van der Waals surface area (Å²) in [4.78, 5) is 34.6. The molecule has 1 fully saturated rings. The summed E-state index contributed by atoms with van der Waals surface area (Å²) in [5.74, 6) is -2.74. The number of carbonyl (C=O) groups is 3. The van der Waals surface area contributed by atoms with Crippen molar-refractivity contribution in [2.45, 2.75) is 12.8 Å². The zero-order valence-electron chi connectivity index (χ0n) is 9.67. The van der Waals surface area contributed by atoms with Crippen molar-refractivity contribution in [1.29, 1.82) is 0 Å². The van der Waals surface area contributed by atoms with Crippen LogP contribution in [0, 0.1) is 5.92 Å². The first-order valence-corrected chi connectivity index (χ1v) is 5.66. The van der Waals surface area contributed by atoms with Crippen LogP contribution in [-0.4, -0.2) is 29.2 Å². The Morgan fingerprint density at radius 1 is 1.28 bits per heavy atom. The standard InChI is InChI=1S/C13H13NO4/c15-11-7-10(6-9-4-2-1-3-5-9)13(18)14(11)8-12(16)17/h1-5,10H,6-8H2,(H,16,17)/p-1. The van der Waals surface area contributed by atoms with Gasteiger partial charge in [-0.15, -0.1) is 0 Å². The lowest BCUT2D eigenvalue weighted by Gasteiger charge is -2.15. The van der Waals surface area contributed by atoms with Crippen LogP contribution >= 0.6 is 0 Å². The van der Waals surface area contributed by atoms with E-state index < -0.39 is 30.2 Å². The van der Waals surface area contributed by atoms with Gasteiger partial charge in [0.15, 0.2) is 0 Å². The van der Waals surface area contributed by atoms with Crippen molar-refractivity contribution in [2.24, 2.45) is 5.92 Å². The number of rotatable bonds is 4. The van der Waals surface area contributed by atoms with Crippen LogP contribution in [0.1, 0.15) is 12.0 Å². The van der Waals surface area contributed by atoms with Crippen molar-refractivity contribution in [3.05, 3.63) is 35.9 Å². The molecule has 0 spiro atoms. The van der Waals surface area contributed by atoms with Crippen molar-refractivity contribution in [1.82, 2.24) is 4.90 Å². The van der Waals surface area contributed by atoms with E-state index in [0.29, 0.717) is 6.42 Å². The number of amides is 2. The first-order chi connectivity index (χ1) is 8.58. The highest BCUT2D eigenvalue weighted by molar-refractivity contribution is 6.05. The molecule has 0 saturated carbocycles. The number of likely N-dealkylation sites (tertiary alicyclic amines) is 1. The molecule has 2 amide bonds. The minimum Gasteiger partial charge on any atom is -0.548 e. The van der Waals surface area contributed by atoms with E-state index in [1.807, 2.05) is 30.3 Å². The number of nitrogens with zero attached hydrogens (tertiary/aromatic N) is 1. The maximum absolute atomic E-state index is 11.9. The lowest BCUT2D eigenvalue weighted by atomic mass is 9.98. The van der Waals surface area contributed by atoms with Gasteiger partial charge >= 0.3 is 0 Å². The normalized spacial score (nSPS) is 19.3. The molecule has 0 radical (unpaired) electrons. The molecule has 1 heterocycles. The minimum atomic E-state index is -1.42. The number of hydrogen-bond acceptors (Lipinski definition) is 4. The van der Waals surface area contributed by atoms with E-state index in [2.05, 4.69) is 0 Å². The van der Waals surface area contributed by atoms with Crippen LogP contribution in [0.5, 0.6) is 0 Å². The first-order valence-electron chi connectivity index (χ1n) is 5.66. The fourth-order valence-electron chi connectivity index (χ4n) is 2.10. The summed E-state index contributed by atoms with van der Waals surface area (Å²) in [5.41, 5.74) is 0.957. The average Bonchev–Trinajstić information content (AvgIpc) is 2.58. The van der Waals surface area contributed by atoms with Gasteiger partial charge in [0.1, 0.15) is 0 Å². The molecule has 1 aliphatic rings. The number of hydrogen-bond donors (Lipinski definition) is 0. The second-order valence-corrected chi connectivity index (χ2v) is 4.28. The van der Waals surface area contributed by atoms with Gasteiger partial charge in [0.25, 0.3) is 0 Å². The van der Waals surface area contributed by atoms with E-state index in [0.717, 1.165) is 10.5 Å². The van der Waals surface area contributed by atoms with E-state index >= 15 is 0 Å². The van der Waals surface area contributed by atoms with E-state index in [-0.39, 0.29) is 6.42 Å². The van der Waals surface area contributed by atoms with Crippen LogP contribution in [0.2, 0.25) is 0 Å². The lowest BCUT2D eigenvalue weighted by molar-refractivity contribution is -0.305. The van der Waals surface area contributed by atoms with Crippen LogP contribution in [0.4, 0.5) is 0 Å². The van der Waals surface area contributed by atoms with Crippen LogP contribution in [-0.2, 0) is 20.8 Å². The summed E-state index contributed by atoms with van der Waals surface area (Å²) in [6.07, 6.45) is 0.524. The minimum absolute atomic E-state index is 0.0704. The maximum atomic E-state index is 11.9. The highest BCUT2D eigenvalue weighted by atomic mass is 16.4. The van der Waals surface area contributed by atoms with Crippen molar-refractivity contribution >= 4 is 17.8 Å². The number of carboxylic acid groups (broad SMARTS) is 1. The molecule has 0 aliphatic carbocycles. The van der Waals surface area contributed by atoms with E-state index in [4.69, 9.17) is 0 Å². The maximum Gasteiger partial charge on any atom is 0.233 e. The smallest absolute Gasteiger partial charge is 0.233 e. The van der Waals surface area contributed by atoms with Gasteiger partial charge in [-0.1, -0.05) is 30.3 Å². The van der Waals surface area contributed by atoms with Gasteiger partial charge in [0.05, 0.1) is 18.4 Å². The molecule has 0 aromatic heterocycles. The molecule has 1 unspecified atom stereocenters. The quantitative estimate of drug-likeness (QED) is 0.662. The summed E-state index contributed by atoms with van der Waals surface area (Å²) in [7, 11) is 0. The summed E-state index contributed by atoms with van der Waals surface area (Å²) in [5, 5.41) is 10.5. The molecule has 1 aromatic carbocycles. The van der Waals surface area contributed by atoms with Gasteiger partial charge < -0.3 is 9.90 Å². The third-order valence-corrected chi connectivity index (χ3v) is 2.95. The Morgan fingerprint density at radius 2 is 1.94 bits per heavy atom. The largest absolute Gasteiger partial charge is 0.548 e.